The maximum atomic E-state index is 5.32. The minimum atomic E-state index is 0.523. The van der Waals surface area contributed by atoms with Gasteiger partial charge in [-0.3, -0.25) is 0 Å². The highest BCUT2D eigenvalue weighted by molar-refractivity contribution is 4.64. The minimum Gasteiger partial charge on any atom is -0.380 e. The van der Waals surface area contributed by atoms with Gasteiger partial charge in [0.1, 0.15) is 0 Å². The van der Waals surface area contributed by atoms with Crippen LogP contribution in [0.1, 0.15) is 27.2 Å². The molecule has 1 atom stereocenters. The zero-order valence-corrected chi connectivity index (χ0v) is 8.18. The molecule has 0 aromatic carbocycles. The molecule has 0 saturated heterocycles. The summed E-state index contributed by atoms with van der Waals surface area (Å²) >= 11 is 0. The number of likely N-dealkylation sites (N-methyl/N-ethyl adjacent to an activating group) is 1. The molecule has 1 N–H and O–H groups in total. The molecule has 0 spiro atoms. The first-order valence-corrected chi connectivity index (χ1v) is 4.45. The van der Waals surface area contributed by atoms with Crippen molar-refractivity contribution in [1.29, 1.82) is 0 Å². The van der Waals surface area contributed by atoms with Crippen LogP contribution in [-0.4, -0.2) is 26.3 Å². The molecule has 2 nitrogen and oxygen atoms in total. The Balaban J connectivity index is 3.41. The second-order valence-corrected chi connectivity index (χ2v) is 3.27. The summed E-state index contributed by atoms with van der Waals surface area (Å²) in [4.78, 5) is 0. The maximum absolute atomic E-state index is 5.32. The molecule has 68 valence electrons. The topological polar surface area (TPSA) is 21.3 Å². The summed E-state index contributed by atoms with van der Waals surface area (Å²) in [5, 5.41) is 3.24. The number of nitrogens with one attached hydrogen (secondary N) is 1. The first-order valence-electron chi connectivity index (χ1n) is 4.45. The van der Waals surface area contributed by atoms with Gasteiger partial charge in [0.2, 0.25) is 0 Å². The lowest BCUT2D eigenvalue weighted by Crippen LogP contribution is -2.31. The molecule has 1 unspecified atom stereocenters. The smallest absolute Gasteiger partial charge is 0.0619 e. The largest absolute Gasteiger partial charge is 0.380 e. The van der Waals surface area contributed by atoms with Crippen LogP contribution in [0.25, 0.3) is 0 Å². The van der Waals surface area contributed by atoms with Crippen LogP contribution in [0.2, 0.25) is 0 Å². The van der Waals surface area contributed by atoms with E-state index in [4.69, 9.17) is 4.74 Å². The second-order valence-electron chi connectivity index (χ2n) is 3.27. The lowest BCUT2D eigenvalue weighted by atomic mass is 10.0. The van der Waals surface area contributed by atoms with Gasteiger partial charge in [0.25, 0.3) is 0 Å². The first-order chi connectivity index (χ1) is 5.20. The second kappa shape index (κ2) is 6.62. The van der Waals surface area contributed by atoms with E-state index in [2.05, 4.69) is 19.2 Å². The van der Waals surface area contributed by atoms with Gasteiger partial charge in [-0.15, -0.1) is 0 Å². The van der Waals surface area contributed by atoms with Crippen LogP contribution in [0.15, 0.2) is 0 Å². The average Bonchev–Trinajstić information content (AvgIpc) is 1.97. The molecule has 0 aromatic heterocycles. The van der Waals surface area contributed by atoms with Gasteiger partial charge in [-0.2, -0.15) is 0 Å². The van der Waals surface area contributed by atoms with Crippen molar-refractivity contribution < 1.29 is 4.74 Å². The quantitative estimate of drug-likeness (QED) is 0.636. The number of hydrogen-bond acceptors (Lipinski definition) is 2. The van der Waals surface area contributed by atoms with Crippen LogP contribution in [0, 0.1) is 5.92 Å². The van der Waals surface area contributed by atoms with Gasteiger partial charge in [-0.25, -0.2) is 0 Å². The van der Waals surface area contributed by atoms with Gasteiger partial charge in [0, 0.05) is 12.6 Å². The molecular weight excluding hydrogens is 138 g/mol. The average molecular weight is 159 g/mol. The Morgan fingerprint density at radius 3 is 2.36 bits per heavy atom. The summed E-state index contributed by atoms with van der Waals surface area (Å²) in [7, 11) is 1.99. The third-order valence-corrected chi connectivity index (χ3v) is 1.69. The summed E-state index contributed by atoms with van der Waals surface area (Å²) in [6.07, 6.45) is 1.19. The van der Waals surface area contributed by atoms with E-state index in [0.717, 1.165) is 19.1 Å². The molecule has 0 radical (unpaired) electrons. The molecule has 0 aliphatic heterocycles. The molecule has 0 heterocycles. The molecule has 0 aromatic rings. The Hall–Kier alpha value is -0.0800. The molecule has 0 fully saturated rings. The Morgan fingerprint density at radius 1 is 1.36 bits per heavy atom. The van der Waals surface area contributed by atoms with E-state index < -0.39 is 0 Å². The highest BCUT2D eigenvalue weighted by atomic mass is 16.5. The van der Waals surface area contributed by atoms with Crippen molar-refractivity contribution >= 4 is 0 Å². The summed E-state index contributed by atoms with van der Waals surface area (Å²) in [5.41, 5.74) is 0. The third-order valence-electron chi connectivity index (χ3n) is 1.69. The summed E-state index contributed by atoms with van der Waals surface area (Å²) in [6, 6.07) is 0.523. The fourth-order valence-corrected chi connectivity index (χ4v) is 1.10. The van der Waals surface area contributed by atoms with Crippen LogP contribution in [0.5, 0.6) is 0 Å². The molecule has 0 amide bonds. The summed E-state index contributed by atoms with van der Waals surface area (Å²) in [6.45, 7) is 8.15. The van der Waals surface area contributed by atoms with E-state index in [-0.39, 0.29) is 0 Å². The maximum Gasteiger partial charge on any atom is 0.0619 e. The molecule has 2 heteroatoms. The predicted molar refractivity (Wildman–Crippen MR) is 48.8 cm³/mol. The lowest BCUT2D eigenvalue weighted by molar-refractivity contribution is 0.118. The first kappa shape index (κ1) is 10.9. The van der Waals surface area contributed by atoms with Gasteiger partial charge in [0.15, 0.2) is 0 Å². The van der Waals surface area contributed by atoms with E-state index >= 15 is 0 Å². The number of hydrogen-bond donors (Lipinski definition) is 1. The molecule has 0 aliphatic rings. The summed E-state index contributed by atoms with van der Waals surface area (Å²) in [5.74, 6) is 0.743. The normalized spacial score (nSPS) is 13.9. The van der Waals surface area contributed by atoms with Crippen LogP contribution >= 0.6 is 0 Å². The van der Waals surface area contributed by atoms with Gasteiger partial charge < -0.3 is 10.1 Å². The summed E-state index contributed by atoms with van der Waals surface area (Å²) < 4.78 is 5.32. The van der Waals surface area contributed by atoms with E-state index in [1.807, 2.05) is 14.0 Å². The zero-order valence-electron chi connectivity index (χ0n) is 8.18. The fourth-order valence-electron chi connectivity index (χ4n) is 1.10. The molecule has 0 rings (SSSR count). The van der Waals surface area contributed by atoms with Crippen molar-refractivity contribution in [3.8, 4) is 0 Å². The molecule has 0 bridgehead atoms. The van der Waals surface area contributed by atoms with Gasteiger partial charge in [0.05, 0.1) is 6.61 Å². The van der Waals surface area contributed by atoms with Crippen LogP contribution in [0.4, 0.5) is 0 Å². The monoisotopic (exact) mass is 159 g/mol. The molecule has 0 saturated carbocycles. The highest BCUT2D eigenvalue weighted by Gasteiger charge is 2.07. The highest BCUT2D eigenvalue weighted by Crippen LogP contribution is 2.04. The zero-order chi connectivity index (χ0) is 8.69. The minimum absolute atomic E-state index is 0.523. The Kier molecular flexibility index (Phi) is 6.57. The van der Waals surface area contributed by atoms with E-state index in [1.165, 1.54) is 6.42 Å². The fraction of sp³-hybridized carbons (Fsp3) is 1.00. The van der Waals surface area contributed by atoms with Gasteiger partial charge in [-0.05, 0) is 26.3 Å². The van der Waals surface area contributed by atoms with Crippen LogP contribution in [-0.2, 0) is 4.74 Å². The van der Waals surface area contributed by atoms with E-state index in [9.17, 15) is 0 Å². The predicted octanol–water partition coefficient (Wildman–Crippen LogP) is 1.66. The Morgan fingerprint density at radius 2 is 2.00 bits per heavy atom. The van der Waals surface area contributed by atoms with Crippen LogP contribution in [0.3, 0.4) is 0 Å². The van der Waals surface area contributed by atoms with Crippen LogP contribution < -0.4 is 5.32 Å². The Bertz CT molecular complexity index is 83.6. The lowest BCUT2D eigenvalue weighted by Gasteiger charge is -2.17. The van der Waals surface area contributed by atoms with Gasteiger partial charge in [-0.1, -0.05) is 13.8 Å². The van der Waals surface area contributed by atoms with Crippen molar-refractivity contribution in [2.45, 2.75) is 33.2 Å². The third kappa shape index (κ3) is 6.32. The molecule has 0 aliphatic carbocycles. The van der Waals surface area contributed by atoms with E-state index in [1.54, 1.807) is 0 Å². The van der Waals surface area contributed by atoms with E-state index in [0.29, 0.717) is 6.04 Å². The van der Waals surface area contributed by atoms with Gasteiger partial charge >= 0.3 is 0 Å². The standard InChI is InChI=1S/C9H21NO/c1-5-11-7-9(10-4)6-8(2)3/h8-10H,5-7H2,1-4H3. The number of rotatable bonds is 6. The van der Waals surface area contributed by atoms with Crippen molar-refractivity contribution in [2.24, 2.45) is 5.92 Å². The molecule has 11 heavy (non-hydrogen) atoms. The SMILES string of the molecule is CCOCC(CC(C)C)NC. The van der Waals surface area contributed by atoms with Crippen molar-refractivity contribution in [3.05, 3.63) is 0 Å². The van der Waals surface area contributed by atoms with Crippen molar-refractivity contribution in [1.82, 2.24) is 5.32 Å². The molecular formula is C9H21NO. The van der Waals surface area contributed by atoms with Crippen molar-refractivity contribution in [2.75, 3.05) is 20.3 Å². The number of ether oxygens (including phenoxy) is 1. The Labute approximate surface area is 70.3 Å². The van der Waals surface area contributed by atoms with Crippen molar-refractivity contribution in [3.63, 3.8) is 0 Å².